The van der Waals surface area contributed by atoms with Gasteiger partial charge in [0.1, 0.15) is 29.3 Å². The summed E-state index contributed by atoms with van der Waals surface area (Å²) < 4.78 is 140. The Morgan fingerprint density at radius 3 is 2.30 bits per heavy atom. The molecule has 348 valence electrons. The van der Waals surface area contributed by atoms with Gasteiger partial charge in [0.15, 0.2) is 11.6 Å². The fourth-order valence-corrected chi connectivity index (χ4v) is 9.71. The predicted molar refractivity (Wildman–Crippen MR) is 209 cm³/mol. The molecule has 23 heteroatoms. The average Bonchev–Trinajstić information content (AvgIpc) is 4.06. The minimum atomic E-state index is -5.27. The van der Waals surface area contributed by atoms with Crippen molar-refractivity contribution >= 4 is 44.9 Å². The summed E-state index contributed by atoms with van der Waals surface area (Å²) in [6.07, 6.45) is -10.4. The summed E-state index contributed by atoms with van der Waals surface area (Å²) in [7, 11) is -3.16. The fourth-order valence-electron chi connectivity index (χ4n) is 8.39. The van der Waals surface area contributed by atoms with Crippen molar-refractivity contribution in [3.8, 4) is 11.6 Å². The van der Waals surface area contributed by atoms with Crippen LogP contribution in [0, 0.1) is 23.6 Å². The molecule has 4 amide bonds. The molecule has 2 aromatic rings. The molecule has 0 radical (unpaired) electrons. The Hall–Kier alpha value is -4.96. The topological polar surface area (TPSA) is 197 Å². The highest BCUT2D eigenvalue weighted by molar-refractivity contribution is 7.91. The molecule has 6 rings (SSSR count). The van der Waals surface area contributed by atoms with Crippen LogP contribution in [0.25, 0.3) is 11.0 Å². The number of methoxy groups -OCH3 is 1. The van der Waals surface area contributed by atoms with Crippen LogP contribution < -0.4 is 19.5 Å². The van der Waals surface area contributed by atoms with Crippen LogP contribution in [-0.4, -0.2) is 111 Å². The number of alkyl halides is 6. The molecule has 63 heavy (non-hydrogen) atoms. The monoisotopic (exact) mass is 922 g/mol. The van der Waals surface area contributed by atoms with Crippen molar-refractivity contribution in [1.29, 1.82) is 0 Å². The first-order chi connectivity index (χ1) is 29.1. The van der Waals surface area contributed by atoms with Crippen LogP contribution in [-0.2, 0) is 30.6 Å². The third-order valence-corrected chi connectivity index (χ3v) is 15.0. The van der Waals surface area contributed by atoms with E-state index in [1.165, 1.54) is 6.92 Å². The Balaban J connectivity index is 1.48. The van der Waals surface area contributed by atoms with Gasteiger partial charge < -0.3 is 24.8 Å². The molecular weight excluding hydrogens is 874 g/mol. The van der Waals surface area contributed by atoms with E-state index in [1.54, 1.807) is 26.0 Å². The van der Waals surface area contributed by atoms with E-state index < -0.39 is 134 Å². The van der Waals surface area contributed by atoms with Crippen LogP contribution in [0.2, 0.25) is 0 Å². The summed E-state index contributed by atoms with van der Waals surface area (Å²) >= 11 is 0. The van der Waals surface area contributed by atoms with Gasteiger partial charge in [-0.2, -0.15) is 26.3 Å². The molecule has 2 saturated carbocycles. The molecule has 0 unspecified atom stereocenters. The van der Waals surface area contributed by atoms with E-state index in [0.717, 1.165) is 18.1 Å². The van der Waals surface area contributed by atoms with Crippen molar-refractivity contribution in [2.75, 3.05) is 13.7 Å². The SMILES string of the molecule is CC[C@@H]1C[C@H](C)CCC=C[C@@H]2C[C@@]2(C(=O)NS(=O)(=O)C2(C)CC2)NC(=O)[C@@H]2C[C@@H](Oc3nc4cc(OC)c(F)cc4nc3C(F)(F)F)CN2C(=O)[C@H]1N(C(=O)O)C(C)(C)C(F)(F)F. The number of ether oxygens (including phenoxy) is 2. The largest absolute Gasteiger partial charge is 0.494 e. The number of rotatable bonds is 9. The zero-order chi connectivity index (χ0) is 46.8. The van der Waals surface area contributed by atoms with Crippen molar-refractivity contribution in [1.82, 2.24) is 29.8 Å². The predicted octanol–water partition coefficient (Wildman–Crippen LogP) is 6.11. The molecule has 1 saturated heterocycles. The van der Waals surface area contributed by atoms with Crippen LogP contribution in [0.5, 0.6) is 11.6 Å². The Morgan fingerprint density at radius 2 is 1.73 bits per heavy atom. The standard InChI is InChI=1S/C40H49F7N6O9S/c1-7-21-14-20(2)10-8-9-11-22-18-38(22,34(56)51-63(59,60)37(5)12-13-37)50-31(54)27-15-23(19-52(27)33(55)29(21)53(35(57)58)36(3,4)40(45,46)47)62-32-30(39(42,43)44)48-25-16-24(41)28(61-6)17-26(25)49-32/h9,11,16-17,20-23,27,29H,7-8,10,12-15,18-19H2,1-6H3,(H,50,54)(H,51,56)(H,57,58)/t20-,21-,22-,23-,27+,29+,38-/m1/s1. The van der Waals surface area contributed by atoms with E-state index in [-0.39, 0.29) is 48.4 Å². The number of amides is 4. The second-order valence-electron chi connectivity index (χ2n) is 17.7. The van der Waals surface area contributed by atoms with Crippen LogP contribution in [0.3, 0.4) is 0 Å². The Bertz CT molecular complexity index is 2310. The molecule has 7 atom stereocenters. The lowest BCUT2D eigenvalue weighted by Crippen LogP contribution is -2.66. The van der Waals surface area contributed by atoms with Crippen molar-refractivity contribution in [2.45, 2.75) is 132 Å². The van der Waals surface area contributed by atoms with Crippen molar-refractivity contribution < 1.29 is 72.9 Å². The molecule has 3 N–H and O–H groups in total. The smallest absolute Gasteiger partial charge is 0.438 e. The average molecular weight is 923 g/mol. The third-order valence-electron chi connectivity index (χ3n) is 12.8. The lowest BCUT2D eigenvalue weighted by Gasteiger charge is -2.46. The number of fused-ring (bicyclic) bond motifs is 3. The Morgan fingerprint density at radius 1 is 1.08 bits per heavy atom. The lowest BCUT2D eigenvalue weighted by atomic mass is 9.82. The minimum absolute atomic E-state index is 0.00434. The maximum atomic E-state index is 15.1. The number of carboxylic acid groups (broad SMARTS) is 1. The van der Waals surface area contributed by atoms with Gasteiger partial charge in [-0.05, 0) is 71.1 Å². The number of hydrogen-bond acceptors (Lipinski definition) is 10. The third kappa shape index (κ3) is 9.07. The van der Waals surface area contributed by atoms with E-state index in [1.807, 2.05) is 0 Å². The normalized spacial score (nSPS) is 27.9. The van der Waals surface area contributed by atoms with Gasteiger partial charge in [-0.3, -0.25) is 24.0 Å². The molecule has 2 aliphatic heterocycles. The van der Waals surface area contributed by atoms with Crippen molar-refractivity contribution in [3.05, 3.63) is 35.8 Å². The van der Waals surface area contributed by atoms with E-state index in [0.29, 0.717) is 32.8 Å². The molecule has 15 nitrogen and oxygen atoms in total. The number of halogens is 7. The molecule has 3 fully saturated rings. The molecule has 0 spiro atoms. The Labute approximate surface area is 358 Å². The number of benzene rings is 1. The van der Waals surface area contributed by atoms with E-state index in [4.69, 9.17) is 9.47 Å². The van der Waals surface area contributed by atoms with Gasteiger partial charge in [-0.15, -0.1) is 0 Å². The van der Waals surface area contributed by atoms with Crippen molar-refractivity contribution in [2.24, 2.45) is 17.8 Å². The lowest BCUT2D eigenvalue weighted by molar-refractivity contribution is -0.222. The highest BCUT2D eigenvalue weighted by Crippen LogP contribution is 2.48. The first-order valence-corrected chi connectivity index (χ1v) is 21.8. The summed E-state index contributed by atoms with van der Waals surface area (Å²) in [5.74, 6) is -8.37. The summed E-state index contributed by atoms with van der Waals surface area (Å²) in [5.41, 5.74) is -7.70. The molecular formula is C40H49F7N6O9S. The zero-order valence-electron chi connectivity index (χ0n) is 35.2. The summed E-state index contributed by atoms with van der Waals surface area (Å²) in [4.78, 5) is 64.8. The number of hydrogen-bond donors (Lipinski definition) is 3. The van der Waals surface area contributed by atoms with E-state index in [9.17, 15) is 58.6 Å². The van der Waals surface area contributed by atoms with Gasteiger partial charge in [0, 0.05) is 24.5 Å². The van der Waals surface area contributed by atoms with Crippen LogP contribution in [0.1, 0.15) is 91.7 Å². The van der Waals surface area contributed by atoms with Gasteiger partial charge in [-0.1, -0.05) is 32.4 Å². The van der Waals surface area contributed by atoms with Crippen LogP contribution in [0.15, 0.2) is 24.3 Å². The zero-order valence-corrected chi connectivity index (χ0v) is 36.0. The summed E-state index contributed by atoms with van der Waals surface area (Å²) in [5, 5.41) is 13.1. The second-order valence-corrected chi connectivity index (χ2v) is 19.9. The molecule has 3 heterocycles. The maximum Gasteiger partial charge on any atom is 0.438 e. The first kappa shape index (κ1) is 47.5. The van der Waals surface area contributed by atoms with Gasteiger partial charge in [-0.25, -0.2) is 27.6 Å². The second kappa shape index (κ2) is 16.5. The van der Waals surface area contributed by atoms with Gasteiger partial charge in [0.25, 0.3) is 5.91 Å². The fraction of sp³-hybridized carbons (Fsp3) is 0.650. The molecule has 4 aliphatic rings. The number of nitrogens with zero attached hydrogens (tertiary/aromatic N) is 4. The van der Waals surface area contributed by atoms with Gasteiger partial charge in [0.2, 0.25) is 33.4 Å². The van der Waals surface area contributed by atoms with Crippen molar-refractivity contribution in [3.63, 3.8) is 0 Å². The van der Waals surface area contributed by atoms with Crippen LogP contribution in [0.4, 0.5) is 35.5 Å². The van der Waals surface area contributed by atoms with E-state index >= 15 is 4.79 Å². The summed E-state index contributed by atoms with van der Waals surface area (Å²) in [6, 6.07) is -2.35. The van der Waals surface area contributed by atoms with Crippen LogP contribution >= 0.6 is 0 Å². The molecule has 0 bridgehead atoms. The number of allylic oxidation sites excluding steroid dienone is 1. The van der Waals surface area contributed by atoms with Gasteiger partial charge in [0.05, 0.1) is 29.4 Å². The first-order valence-electron chi connectivity index (χ1n) is 20.3. The minimum Gasteiger partial charge on any atom is -0.494 e. The van der Waals surface area contributed by atoms with Gasteiger partial charge >= 0.3 is 18.4 Å². The molecule has 1 aromatic carbocycles. The number of carbonyl (C=O) groups excluding carboxylic acids is 3. The highest BCUT2D eigenvalue weighted by Gasteiger charge is 2.64. The molecule has 2 aliphatic carbocycles. The number of aromatic nitrogens is 2. The number of sulfonamides is 1. The quantitative estimate of drug-likeness (QED) is 0.194. The Kier molecular flexibility index (Phi) is 12.5. The van der Waals surface area contributed by atoms with E-state index in [2.05, 4.69) is 20.0 Å². The molecule has 1 aromatic heterocycles. The number of carbonyl (C=O) groups is 4. The summed E-state index contributed by atoms with van der Waals surface area (Å²) in [6.45, 7) is 5.09. The maximum absolute atomic E-state index is 15.1. The highest BCUT2D eigenvalue weighted by atomic mass is 32.2. The number of nitrogens with one attached hydrogen (secondary N) is 2.